The van der Waals surface area contributed by atoms with Gasteiger partial charge in [-0.2, -0.15) is 0 Å². The van der Waals surface area contributed by atoms with Crippen molar-refractivity contribution < 1.29 is 9.53 Å². The molecule has 2 N–H and O–H groups in total. The largest absolute Gasteiger partial charge is 0.497 e. The lowest BCUT2D eigenvalue weighted by Gasteiger charge is -2.23. The summed E-state index contributed by atoms with van der Waals surface area (Å²) < 4.78 is 5.13. The van der Waals surface area contributed by atoms with Crippen molar-refractivity contribution in [3.05, 3.63) is 64.3 Å². The lowest BCUT2D eigenvalue weighted by atomic mass is 9.91. The molecule has 0 radical (unpaired) electrons. The van der Waals surface area contributed by atoms with E-state index in [1.165, 1.54) is 16.6 Å². The number of hydrogen-bond donors (Lipinski definition) is 2. The number of methoxy groups -OCH3 is 1. The van der Waals surface area contributed by atoms with E-state index in [2.05, 4.69) is 16.4 Å². The third-order valence-corrected chi connectivity index (χ3v) is 5.07. The van der Waals surface area contributed by atoms with Crippen molar-refractivity contribution in [3.63, 3.8) is 0 Å². The highest BCUT2D eigenvalue weighted by Gasteiger charge is 2.24. The van der Waals surface area contributed by atoms with Gasteiger partial charge in [-0.05, 0) is 61.2 Å². The average molecular weight is 355 g/mol. The molecular weight excluding hydrogens is 336 g/mol. The van der Waals surface area contributed by atoms with Crippen LogP contribution in [0.3, 0.4) is 0 Å². The zero-order chi connectivity index (χ0) is 17.4. The van der Waals surface area contributed by atoms with Crippen LogP contribution in [0.2, 0.25) is 5.02 Å². The first kappa shape index (κ1) is 16.0. The van der Waals surface area contributed by atoms with Crippen molar-refractivity contribution in [2.24, 2.45) is 0 Å². The van der Waals surface area contributed by atoms with E-state index in [0.717, 1.165) is 35.6 Å². The number of amides is 1. The van der Waals surface area contributed by atoms with Crippen molar-refractivity contribution in [3.8, 4) is 5.75 Å². The Bertz CT molecular complexity index is 931. The molecule has 3 aromatic rings. The Balaban J connectivity index is 1.51. The maximum Gasteiger partial charge on any atom is 0.251 e. The molecule has 1 unspecified atom stereocenters. The van der Waals surface area contributed by atoms with Crippen LogP contribution in [0.25, 0.3) is 10.9 Å². The summed E-state index contributed by atoms with van der Waals surface area (Å²) in [5, 5.41) is 5.09. The van der Waals surface area contributed by atoms with E-state index in [-0.39, 0.29) is 11.9 Å². The topological polar surface area (TPSA) is 54.1 Å². The number of halogens is 1. The van der Waals surface area contributed by atoms with Gasteiger partial charge in [-0.15, -0.1) is 0 Å². The van der Waals surface area contributed by atoms with Crippen LogP contribution in [-0.2, 0) is 12.8 Å². The number of rotatable bonds is 3. The molecule has 1 heterocycles. The van der Waals surface area contributed by atoms with Gasteiger partial charge in [0.25, 0.3) is 5.91 Å². The number of hydrogen-bond acceptors (Lipinski definition) is 2. The van der Waals surface area contributed by atoms with Crippen LogP contribution < -0.4 is 10.1 Å². The van der Waals surface area contributed by atoms with Crippen LogP contribution in [0.15, 0.2) is 42.5 Å². The lowest BCUT2D eigenvalue weighted by molar-refractivity contribution is 0.0933. The summed E-state index contributed by atoms with van der Waals surface area (Å²) >= 11 is 6.08. The van der Waals surface area contributed by atoms with Gasteiger partial charge in [-0.25, -0.2) is 0 Å². The van der Waals surface area contributed by atoms with Crippen molar-refractivity contribution >= 4 is 28.4 Å². The quantitative estimate of drug-likeness (QED) is 0.743. The first-order valence-corrected chi connectivity index (χ1v) is 8.76. The van der Waals surface area contributed by atoms with E-state index >= 15 is 0 Å². The number of nitrogens with one attached hydrogen (secondary N) is 2. The Labute approximate surface area is 151 Å². The van der Waals surface area contributed by atoms with Gasteiger partial charge < -0.3 is 15.0 Å². The fraction of sp³-hybridized carbons (Fsp3) is 0.250. The lowest BCUT2D eigenvalue weighted by Crippen LogP contribution is -2.38. The summed E-state index contributed by atoms with van der Waals surface area (Å²) in [6, 6.07) is 13.2. The molecule has 0 fully saturated rings. The van der Waals surface area contributed by atoms with Crippen LogP contribution in [0.4, 0.5) is 0 Å². The van der Waals surface area contributed by atoms with Gasteiger partial charge in [-0.3, -0.25) is 4.79 Å². The standard InChI is InChI=1S/C20H19ClN2O2/c1-25-15-6-2-12(3-7-15)20(24)22-14-5-9-18-17(11-14)16-8-4-13(21)10-19(16)23-18/h2-4,6-8,10,14,23H,5,9,11H2,1H3,(H,22,24). The second kappa shape index (κ2) is 6.45. The summed E-state index contributed by atoms with van der Waals surface area (Å²) in [5.74, 6) is 0.704. The molecule has 128 valence electrons. The van der Waals surface area contributed by atoms with Gasteiger partial charge in [0.05, 0.1) is 7.11 Å². The molecule has 0 saturated heterocycles. The summed E-state index contributed by atoms with van der Waals surface area (Å²) in [7, 11) is 1.61. The maximum absolute atomic E-state index is 12.5. The summed E-state index contributed by atoms with van der Waals surface area (Å²) in [5.41, 5.74) is 4.27. The second-order valence-electron chi connectivity index (χ2n) is 6.41. The monoisotopic (exact) mass is 354 g/mol. The number of aromatic nitrogens is 1. The summed E-state index contributed by atoms with van der Waals surface area (Å²) in [6.45, 7) is 0. The van der Waals surface area contributed by atoms with Crippen LogP contribution >= 0.6 is 11.6 Å². The third-order valence-electron chi connectivity index (χ3n) is 4.84. The smallest absolute Gasteiger partial charge is 0.251 e. The number of carbonyl (C=O) groups excluding carboxylic acids is 1. The van der Waals surface area contributed by atoms with Crippen molar-refractivity contribution in [1.82, 2.24) is 10.3 Å². The number of carbonyl (C=O) groups is 1. The van der Waals surface area contributed by atoms with Crippen molar-refractivity contribution in [2.45, 2.75) is 25.3 Å². The highest BCUT2D eigenvalue weighted by Crippen LogP contribution is 2.30. The number of benzene rings is 2. The zero-order valence-electron chi connectivity index (χ0n) is 13.9. The SMILES string of the molecule is COc1ccc(C(=O)NC2CCc3[nH]c4cc(Cl)ccc4c3C2)cc1. The minimum atomic E-state index is -0.0426. The molecular formula is C20H19ClN2O2. The van der Waals surface area contributed by atoms with Crippen LogP contribution in [0.5, 0.6) is 5.75 Å². The van der Waals surface area contributed by atoms with Gasteiger partial charge in [0, 0.05) is 33.2 Å². The number of H-pyrrole nitrogens is 1. The fourth-order valence-electron chi connectivity index (χ4n) is 3.53. The first-order valence-electron chi connectivity index (χ1n) is 8.38. The van der Waals surface area contributed by atoms with Gasteiger partial charge in [0.15, 0.2) is 0 Å². The summed E-state index contributed by atoms with van der Waals surface area (Å²) in [4.78, 5) is 16.0. The van der Waals surface area contributed by atoms with E-state index in [4.69, 9.17) is 16.3 Å². The van der Waals surface area contributed by atoms with Gasteiger partial charge in [-0.1, -0.05) is 17.7 Å². The van der Waals surface area contributed by atoms with Crippen LogP contribution in [-0.4, -0.2) is 24.0 Å². The predicted octanol–water partition coefficient (Wildman–Crippen LogP) is 4.12. The Hall–Kier alpha value is -2.46. The molecule has 1 aliphatic rings. The minimum Gasteiger partial charge on any atom is -0.497 e. The Morgan fingerprint density at radius 2 is 2.04 bits per heavy atom. The molecule has 0 saturated carbocycles. The molecule has 4 nitrogen and oxygen atoms in total. The second-order valence-corrected chi connectivity index (χ2v) is 6.85. The van der Waals surface area contributed by atoms with Crippen LogP contribution in [0.1, 0.15) is 28.0 Å². The fourth-order valence-corrected chi connectivity index (χ4v) is 3.70. The van der Waals surface area contributed by atoms with Crippen molar-refractivity contribution in [1.29, 1.82) is 0 Å². The molecule has 4 rings (SSSR count). The van der Waals surface area contributed by atoms with E-state index in [0.29, 0.717) is 5.56 Å². The summed E-state index contributed by atoms with van der Waals surface area (Å²) in [6.07, 6.45) is 2.68. The van der Waals surface area contributed by atoms with E-state index in [9.17, 15) is 4.79 Å². The molecule has 2 aromatic carbocycles. The van der Waals surface area contributed by atoms with E-state index in [1.54, 1.807) is 31.4 Å². The molecule has 1 aliphatic carbocycles. The Kier molecular flexibility index (Phi) is 4.14. The predicted molar refractivity (Wildman–Crippen MR) is 99.6 cm³/mol. The number of aryl methyl sites for hydroxylation is 1. The molecule has 5 heteroatoms. The van der Waals surface area contributed by atoms with Gasteiger partial charge in [0.2, 0.25) is 0 Å². The number of ether oxygens (including phenoxy) is 1. The molecule has 1 amide bonds. The van der Waals surface area contributed by atoms with E-state index in [1.807, 2.05) is 12.1 Å². The van der Waals surface area contributed by atoms with Gasteiger partial charge >= 0.3 is 0 Å². The normalized spacial score (nSPS) is 16.5. The van der Waals surface area contributed by atoms with E-state index < -0.39 is 0 Å². The Morgan fingerprint density at radius 3 is 2.80 bits per heavy atom. The minimum absolute atomic E-state index is 0.0426. The highest BCUT2D eigenvalue weighted by molar-refractivity contribution is 6.31. The molecule has 25 heavy (non-hydrogen) atoms. The number of aromatic amines is 1. The molecule has 0 bridgehead atoms. The molecule has 0 aliphatic heterocycles. The molecule has 1 atom stereocenters. The zero-order valence-corrected chi connectivity index (χ0v) is 14.7. The molecule has 1 aromatic heterocycles. The van der Waals surface area contributed by atoms with Gasteiger partial charge in [0.1, 0.15) is 5.75 Å². The number of fused-ring (bicyclic) bond motifs is 3. The Morgan fingerprint density at radius 1 is 1.24 bits per heavy atom. The average Bonchev–Trinajstić information content (AvgIpc) is 2.98. The van der Waals surface area contributed by atoms with Crippen LogP contribution in [0, 0.1) is 0 Å². The third kappa shape index (κ3) is 3.10. The molecule has 0 spiro atoms. The highest BCUT2D eigenvalue weighted by atomic mass is 35.5. The van der Waals surface area contributed by atoms with Crippen molar-refractivity contribution in [2.75, 3.05) is 7.11 Å². The maximum atomic E-state index is 12.5. The first-order chi connectivity index (χ1) is 12.1.